The number of hydrogen-bond acceptors (Lipinski definition) is 5. The molecule has 0 aliphatic heterocycles. The molecular formula is C24H29Cl2N5. The van der Waals surface area contributed by atoms with Gasteiger partial charge in [0.1, 0.15) is 5.82 Å². The van der Waals surface area contributed by atoms with Gasteiger partial charge in [0.25, 0.3) is 0 Å². The molecule has 0 unspecified atom stereocenters. The first-order valence-electron chi connectivity index (χ1n) is 10.8. The van der Waals surface area contributed by atoms with E-state index < -0.39 is 0 Å². The Kier molecular flexibility index (Phi) is 7.16. The molecule has 31 heavy (non-hydrogen) atoms. The smallest absolute Gasteiger partial charge is 0.225 e. The zero-order valence-electron chi connectivity index (χ0n) is 18.0. The Morgan fingerprint density at radius 1 is 1.00 bits per heavy atom. The van der Waals surface area contributed by atoms with Gasteiger partial charge in [-0.1, -0.05) is 35.3 Å². The standard InChI is InChI=1S/C24H29Cl2N5/c1-31(2)23-20-5-3-4-6-22(20)29-24(30-23)28-19-10-7-16(8-11-19)14-27-15-17-13-18(25)9-12-21(17)26/h3-6,9,12-13,16,19,27H,7-8,10-11,14-15H2,1-2H3,(H,28,29,30). The molecule has 2 N–H and O–H groups in total. The summed E-state index contributed by atoms with van der Waals surface area (Å²) in [7, 11) is 4.04. The highest BCUT2D eigenvalue weighted by Gasteiger charge is 2.22. The van der Waals surface area contributed by atoms with E-state index in [4.69, 9.17) is 33.2 Å². The number of anilines is 2. The second kappa shape index (κ2) is 10.0. The number of fused-ring (bicyclic) bond motifs is 1. The molecule has 1 aliphatic rings. The number of benzene rings is 2. The summed E-state index contributed by atoms with van der Waals surface area (Å²) in [6.45, 7) is 1.74. The first-order valence-corrected chi connectivity index (χ1v) is 11.6. The summed E-state index contributed by atoms with van der Waals surface area (Å²) in [4.78, 5) is 11.6. The fraction of sp³-hybridized carbons (Fsp3) is 0.417. The van der Waals surface area contributed by atoms with E-state index in [0.29, 0.717) is 12.0 Å². The number of para-hydroxylation sites is 1. The van der Waals surface area contributed by atoms with Crippen LogP contribution in [0.25, 0.3) is 10.9 Å². The van der Waals surface area contributed by atoms with Crippen molar-refractivity contribution in [3.8, 4) is 0 Å². The van der Waals surface area contributed by atoms with E-state index in [1.165, 1.54) is 12.8 Å². The lowest BCUT2D eigenvalue weighted by Gasteiger charge is -2.29. The van der Waals surface area contributed by atoms with Crippen molar-refractivity contribution in [2.45, 2.75) is 38.3 Å². The fourth-order valence-corrected chi connectivity index (χ4v) is 4.63. The Labute approximate surface area is 194 Å². The van der Waals surface area contributed by atoms with Crippen molar-refractivity contribution >= 4 is 45.9 Å². The quantitative estimate of drug-likeness (QED) is 0.471. The normalized spacial score (nSPS) is 18.8. The maximum absolute atomic E-state index is 6.26. The lowest BCUT2D eigenvalue weighted by molar-refractivity contribution is 0.324. The van der Waals surface area contributed by atoms with Crippen molar-refractivity contribution in [2.75, 3.05) is 30.9 Å². The van der Waals surface area contributed by atoms with E-state index in [0.717, 1.165) is 64.2 Å². The summed E-state index contributed by atoms with van der Waals surface area (Å²) in [5.41, 5.74) is 2.02. The van der Waals surface area contributed by atoms with Crippen LogP contribution in [0.3, 0.4) is 0 Å². The van der Waals surface area contributed by atoms with Crippen LogP contribution in [0.5, 0.6) is 0 Å². The average molecular weight is 458 g/mol. The van der Waals surface area contributed by atoms with Crippen LogP contribution < -0.4 is 15.5 Å². The highest BCUT2D eigenvalue weighted by Crippen LogP contribution is 2.28. The Morgan fingerprint density at radius 3 is 2.55 bits per heavy atom. The van der Waals surface area contributed by atoms with Crippen LogP contribution in [0.15, 0.2) is 42.5 Å². The molecule has 1 fully saturated rings. The van der Waals surface area contributed by atoms with Crippen LogP contribution in [0, 0.1) is 5.92 Å². The predicted octanol–water partition coefficient (Wildman–Crippen LogP) is 5.76. The van der Waals surface area contributed by atoms with Gasteiger partial charge < -0.3 is 15.5 Å². The van der Waals surface area contributed by atoms with E-state index in [2.05, 4.69) is 16.7 Å². The van der Waals surface area contributed by atoms with Crippen LogP contribution >= 0.6 is 23.2 Å². The van der Waals surface area contributed by atoms with Gasteiger partial charge in [0.15, 0.2) is 0 Å². The molecule has 7 heteroatoms. The number of nitrogens with one attached hydrogen (secondary N) is 2. The van der Waals surface area contributed by atoms with E-state index in [-0.39, 0.29) is 0 Å². The first kappa shape index (κ1) is 22.1. The Hall–Kier alpha value is -2.08. The number of aromatic nitrogens is 2. The Balaban J connectivity index is 1.30. The van der Waals surface area contributed by atoms with Crippen LogP contribution in [0.1, 0.15) is 31.2 Å². The molecule has 0 atom stereocenters. The van der Waals surface area contributed by atoms with Gasteiger partial charge >= 0.3 is 0 Å². The molecule has 0 spiro atoms. The topological polar surface area (TPSA) is 53.1 Å². The largest absolute Gasteiger partial charge is 0.362 e. The summed E-state index contributed by atoms with van der Waals surface area (Å²) in [6, 6.07) is 14.2. The SMILES string of the molecule is CN(C)c1nc(NC2CCC(CNCc3cc(Cl)ccc3Cl)CC2)nc2ccccc12. The van der Waals surface area contributed by atoms with Crippen LogP contribution in [0.2, 0.25) is 10.0 Å². The molecule has 5 nitrogen and oxygen atoms in total. The molecule has 2 aromatic carbocycles. The molecular weight excluding hydrogens is 429 g/mol. The van der Waals surface area contributed by atoms with E-state index >= 15 is 0 Å². The van der Waals surface area contributed by atoms with Crippen molar-refractivity contribution in [3.05, 3.63) is 58.1 Å². The van der Waals surface area contributed by atoms with Crippen molar-refractivity contribution in [3.63, 3.8) is 0 Å². The molecule has 0 amide bonds. The van der Waals surface area contributed by atoms with E-state index in [9.17, 15) is 0 Å². The summed E-state index contributed by atoms with van der Waals surface area (Å²) >= 11 is 12.3. The lowest BCUT2D eigenvalue weighted by atomic mass is 9.86. The summed E-state index contributed by atoms with van der Waals surface area (Å²) < 4.78 is 0. The van der Waals surface area contributed by atoms with Crippen molar-refractivity contribution in [1.29, 1.82) is 0 Å². The monoisotopic (exact) mass is 457 g/mol. The molecule has 0 radical (unpaired) electrons. The van der Waals surface area contributed by atoms with Crippen LogP contribution in [0.4, 0.5) is 11.8 Å². The summed E-state index contributed by atoms with van der Waals surface area (Å²) in [5, 5.41) is 9.69. The predicted molar refractivity (Wildman–Crippen MR) is 131 cm³/mol. The first-order chi connectivity index (χ1) is 15.0. The molecule has 0 bridgehead atoms. The molecule has 164 valence electrons. The Bertz CT molecular complexity index is 1030. The van der Waals surface area contributed by atoms with Crippen LogP contribution in [-0.2, 0) is 6.54 Å². The minimum Gasteiger partial charge on any atom is -0.362 e. The molecule has 1 saturated carbocycles. The fourth-order valence-electron chi connectivity index (χ4n) is 4.25. The molecule has 1 aliphatic carbocycles. The molecule has 1 heterocycles. The van der Waals surface area contributed by atoms with Gasteiger partial charge in [0, 0.05) is 42.1 Å². The zero-order valence-corrected chi connectivity index (χ0v) is 19.5. The summed E-state index contributed by atoms with van der Waals surface area (Å²) in [5.74, 6) is 2.34. The number of halogens is 2. The zero-order chi connectivity index (χ0) is 21.8. The third-order valence-electron chi connectivity index (χ3n) is 5.94. The number of hydrogen-bond donors (Lipinski definition) is 2. The molecule has 4 rings (SSSR count). The van der Waals surface area contributed by atoms with Crippen molar-refractivity contribution in [2.24, 2.45) is 5.92 Å². The van der Waals surface area contributed by atoms with Gasteiger partial charge in [-0.2, -0.15) is 4.98 Å². The third-order valence-corrected chi connectivity index (χ3v) is 6.55. The minimum atomic E-state index is 0.412. The maximum Gasteiger partial charge on any atom is 0.225 e. The van der Waals surface area contributed by atoms with Gasteiger partial charge in [-0.25, -0.2) is 4.98 Å². The van der Waals surface area contributed by atoms with Crippen molar-refractivity contribution in [1.82, 2.24) is 15.3 Å². The second-order valence-corrected chi connectivity index (χ2v) is 9.35. The van der Waals surface area contributed by atoms with Gasteiger partial charge in [0.05, 0.1) is 5.52 Å². The van der Waals surface area contributed by atoms with Gasteiger partial charge in [-0.05, 0) is 74.0 Å². The van der Waals surface area contributed by atoms with Crippen molar-refractivity contribution < 1.29 is 0 Å². The number of rotatable bonds is 7. The molecule has 1 aromatic heterocycles. The summed E-state index contributed by atoms with van der Waals surface area (Å²) in [6.07, 6.45) is 4.61. The Morgan fingerprint density at radius 2 is 1.77 bits per heavy atom. The van der Waals surface area contributed by atoms with E-state index in [1.807, 2.05) is 55.4 Å². The minimum absolute atomic E-state index is 0.412. The van der Waals surface area contributed by atoms with Gasteiger partial charge in [0.2, 0.25) is 5.95 Å². The molecule has 3 aromatic rings. The second-order valence-electron chi connectivity index (χ2n) is 8.51. The lowest BCUT2D eigenvalue weighted by Crippen LogP contribution is -2.31. The number of nitrogens with zero attached hydrogens (tertiary/aromatic N) is 3. The maximum atomic E-state index is 6.26. The van der Waals surface area contributed by atoms with Gasteiger partial charge in [-0.3, -0.25) is 0 Å². The van der Waals surface area contributed by atoms with Gasteiger partial charge in [-0.15, -0.1) is 0 Å². The average Bonchev–Trinajstić information content (AvgIpc) is 2.76. The van der Waals surface area contributed by atoms with Crippen LogP contribution in [-0.4, -0.2) is 36.6 Å². The highest BCUT2D eigenvalue weighted by molar-refractivity contribution is 6.33. The highest BCUT2D eigenvalue weighted by atomic mass is 35.5. The van der Waals surface area contributed by atoms with E-state index in [1.54, 1.807) is 0 Å². The molecule has 0 saturated heterocycles. The third kappa shape index (κ3) is 5.59.